The Kier molecular flexibility index (Phi) is 29.3. The molecule has 0 unspecified atom stereocenters. The summed E-state index contributed by atoms with van der Waals surface area (Å²) in [6.07, 6.45) is 0. The van der Waals surface area contributed by atoms with Gasteiger partial charge in [0.2, 0.25) is 0 Å². The van der Waals surface area contributed by atoms with Crippen LogP contribution in [0.1, 0.15) is 0 Å². The van der Waals surface area contributed by atoms with Gasteiger partial charge in [0.1, 0.15) is 0 Å². The molecule has 0 amide bonds. The fourth-order valence-electron chi connectivity index (χ4n) is 0.195. The Bertz CT molecular complexity index is 200. The Hall–Kier alpha value is 11.7. The fourth-order valence-corrected chi connectivity index (χ4v) is 2180. The van der Waals surface area contributed by atoms with E-state index in [0.717, 1.165) is 0 Å². The predicted octanol–water partition coefficient (Wildman–Crippen LogP) is 10.5. The number of hydrogen-bond donors (Lipinski definition) is 0. The van der Waals surface area contributed by atoms with Crippen LogP contribution in [0.3, 0.4) is 0 Å². The van der Waals surface area contributed by atoms with Crippen molar-refractivity contribution in [3.63, 3.8) is 0 Å². The quantitative estimate of drug-likeness (QED) is 0.176. The van der Waals surface area contributed by atoms with Crippen molar-refractivity contribution in [1.29, 1.82) is 0 Å². The Morgan fingerprint density at radius 3 is 1.29 bits per heavy atom. The van der Waals surface area contributed by atoms with E-state index in [1.54, 1.807) is 0 Å². The number of rotatable bonds is 7. The molecule has 0 heterocycles. The van der Waals surface area contributed by atoms with Crippen molar-refractivity contribution in [3.05, 3.63) is 0 Å². The molecule has 0 bridgehead atoms. The van der Waals surface area contributed by atoms with Gasteiger partial charge < -0.3 is 0 Å². The van der Waals surface area contributed by atoms with E-state index < -0.39 is 7.89 Å². The maximum atomic E-state index is 3.11. The van der Waals surface area contributed by atoms with Crippen molar-refractivity contribution in [3.8, 4) is 0 Å². The molecule has 0 radical (unpaired) electrons. The first-order valence-electron chi connectivity index (χ1n) is 2.52. The van der Waals surface area contributed by atoms with Gasteiger partial charge in [-0.2, -0.15) is 0 Å². The second-order valence-corrected chi connectivity index (χ2v) is 349. The second kappa shape index (κ2) is 17.4. The third-order valence-electron chi connectivity index (χ3n) is 0.598. The molecule has 0 N–H and O–H groups in total. The summed E-state index contributed by atoms with van der Waals surface area (Å²) in [5.41, 5.74) is 0. The van der Waals surface area contributed by atoms with Crippen LogP contribution < -0.4 is 17.2 Å². The monoisotopic (exact) mass is 2050 g/mol. The average molecular weight is 2050 g/mol. The van der Waals surface area contributed by atoms with Gasteiger partial charge in [-0.3, -0.25) is 0 Å². The molecule has 0 aliphatic rings. The van der Waals surface area contributed by atoms with Crippen molar-refractivity contribution in [2.45, 2.75) is 0 Å². The fraction of sp³-hybridized carbons (Fsp3) is 1.00. The van der Waals surface area contributed by atoms with Crippen LogP contribution in [0.25, 0.3) is 0 Å². The zero-order valence-electron chi connectivity index (χ0n) is 7.05. The van der Waals surface area contributed by atoms with Gasteiger partial charge in [-0.1, -0.05) is 0 Å². The molecule has 0 saturated heterocycles. The van der Waals surface area contributed by atoms with E-state index in [4.69, 9.17) is 0 Å². The minimum absolute atomic E-state index is 0.293. The molecule has 0 atom stereocenters. The molecule has 0 aromatic carbocycles. The molecule has 17 heavy (non-hydrogen) atoms. The SMILES string of the molecule is C[I-]I(I)I(I)I(I)I(I)I(I)I(I)I(I)I. The number of halogens is 16. The van der Waals surface area contributed by atoms with Crippen molar-refractivity contribution in [1.82, 2.24) is 0 Å². The summed E-state index contributed by atoms with van der Waals surface area (Å²) in [6, 6.07) is 0. The van der Waals surface area contributed by atoms with Gasteiger partial charge in [-0.25, -0.2) is 0 Å². The summed E-state index contributed by atoms with van der Waals surface area (Å²) in [7, 11) is -2.45. The Balaban J connectivity index is 4.53. The van der Waals surface area contributed by atoms with E-state index in [9.17, 15) is 0 Å². The van der Waals surface area contributed by atoms with E-state index in [1.807, 2.05) is 0 Å². The van der Waals surface area contributed by atoms with Crippen LogP contribution in [0.15, 0.2) is 0 Å². The topological polar surface area (TPSA) is 0 Å². The Labute approximate surface area is 214 Å². The van der Waals surface area contributed by atoms with Crippen LogP contribution in [0, 0.1) is 0 Å². The maximum absolute atomic E-state index is 3.11. The summed E-state index contributed by atoms with van der Waals surface area (Å²) < 4.78 is 0. The molecule has 0 saturated carbocycles. The van der Waals surface area contributed by atoms with E-state index in [2.05, 4.69) is 154 Å². The van der Waals surface area contributed by atoms with E-state index in [-0.39, 0.29) is 47.4 Å². The van der Waals surface area contributed by atoms with Crippen molar-refractivity contribution in [2.24, 2.45) is 0 Å². The molecule has 0 aliphatic carbocycles. The summed E-state index contributed by atoms with van der Waals surface area (Å²) in [5, 5.41) is 0. The summed E-state index contributed by atoms with van der Waals surface area (Å²) in [5.74, 6) is 0. The molecule has 0 rings (SSSR count). The van der Waals surface area contributed by atoms with Crippen LogP contribution in [0.5, 0.6) is 0 Å². The first kappa shape index (κ1) is 28.7. The van der Waals surface area contributed by atoms with Crippen LogP contribution in [-0.2, 0) is 0 Å². The van der Waals surface area contributed by atoms with Gasteiger partial charge >= 0.3 is 226 Å². The van der Waals surface area contributed by atoms with Crippen LogP contribution in [0.4, 0.5) is 0 Å². The van der Waals surface area contributed by atoms with Gasteiger partial charge in [0.15, 0.2) is 0 Å². The molecule has 0 spiro atoms. The Morgan fingerprint density at radius 1 is 0.588 bits per heavy atom. The first-order chi connectivity index (χ1) is 7.73. The molecule has 0 fully saturated rings. The molecule has 16 heteroatoms. The van der Waals surface area contributed by atoms with Crippen molar-refractivity contribution in [2.75, 3.05) is 4.93 Å². The molecular weight excluding hydrogens is 2040 g/mol. The van der Waals surface area contributed by atoms with Crippen molar-refractivity contribution < 1.29 is 17.2 Å². The van der Waals surface area contributed by atoms with Gasteiger partial charge in [-0.15, -0.1) is 0 Å². The van der Waals surface area contributed by atoms with E-state index in [1.165, 1.54) is 0 Å². The molecule has 0 aliphatic heterocycles. The van der Waals surface area contributed by atoms with Gasteiger partial charge in [0, 0.05) is 0 Å². The first-order valence-corrected chi connectivity index (χ1v) is 99.0. The van der Waals surface area contributed by atoms with E-state index in [0.29, 0.717) is 17.2 Å². The normalized spacial score (nSPS) is 17.4. The molecule has 120 valence electrons. The third kappa shape index (κ3) is 12.9. The van der Waals surface area contributed by atoms with Crippen LogP contribution in [0.2, 0.25) is 0 Å². The Morgan fingerprint density at radius 2 is 0.941 bits per heavy atom. The zero-order chi connectivity index (χ0) is 13.7. The predicted molar refractivity (Wildman–Crippen MR) is 216 cm³/mol. The zero-order valence-corrected chi connectivity index (χ0v) is 41.6. The van der Waals surface area contributed by atoms with Crippen LogP contribution in [-0.4, -0.2) is 4.93 Å². The van der Waals surface area contributed by atoms with E-state index >= 15 is 0 Å². The molecular formula is CH3I16-. The number of alkyl halides is 1. The second-order valence-electron chi connectivity index (χ2n) is 1.28. The van der Waals surface area contributed by atoms with Gasteiger partial charge in [0.05, 0.1) is 0 Å². The van der Waals surface area contributed by atoms with Gasteiger partial charge in [-0.05, 0) is 0 Å². The molecule has 0 aromatic heterocycles. The number of hydrogen-bond acceptors (Lipinski definition) is 0. The third-order valence-corrected chi connectivity index (χ3v) is 1020. The standard InChI is InChI=1S/CH3I16/c1-10-12(4)14(6)16(8)17(9)15(7)13(5)11(2)3/h1H3/q-1. The summed E-state index contributed by atoms with van der Waals surface area (Å²) in [4.78, 5) is 2.59. The summed E-state index contributed by atoms with van der Waals surface area (Å²) >= 11 is 24.8. The average Bonchev–Trinajstić information content (AvgIpc) is 2.32. The minimum atomic E-state index is -0.414. The molecule has 0 nitrogen and oxygen atoms in total. The summed E-state index contributed by atoms with van der Waals surface area (Å²) in [6.45, 7) is 0. The van der Waals surface area contributed by atoms with Gasteiger partial charge in [0.25, 0.3) is 0 Å². The molecule has 0 aromatic rings. The van der Waals surface area contributed by atoms with Crippen molar-refractivity contribution >= 4 is 204 Å². The van der Waals surface area contributed by atoms with Crippen LogP contribution >= 0.6 is 204 Å².